The molecule has 2 rings (SSSR count). The first kappa shape index (κ1) is 12.9. The van der Waals surface area contributed by atoms with E-state index >= 15 is 0 Å². The summed E-state index contributed by atoms with van der Waals surface area (Å²) in [5.74, 6) is 0.0300. The van der Waals surface area contributed by atoms with Crippen LogP contribution in [0.2, 0.25) is 0 Å². The van der Waals surface area contributed by atoms with Gasteiger partial charge in [-0.15, -0.1) is 0 Å². The van der Waals surface area contributed by atoms with E-state index < -0.39 is 5.41 Å². The Hall–Kier alpha value is -1.59. The molecule has 1 aromatic rings. The number of aromatic hydroxyl groups is 1. The predicted octanol–water partition coefficient (Wildman–Crippen LogP) is 0.719. The molecular formula is C13H18N2O3. The molecule has 1 amide bonds. The number of phenolic OH excluding ortho intramolecular Hbond substituents is 1. The van der Waals surface area contributed by atoms with Crippen molar-refractivity contribution >= 4 is 11.6 Å². The van der Waals surface area contributed by atoms with E-state index in [-0.39, 0.29) is 17.7 Å². The number of carbonyl (C=O) groups excluding carboxylic acids is 1. The van der Waals surface area contributed by atoms with Gasteiger partial charge in [-0.2, -0.15) is 0 Å². The fraction of sp³-hybridized carbons (Fsp3) is 0.462. The number of carbonyl (C=O) groups is 1. The quantitative estimate of drug-likeness (QED) is 0.811. The average molecular weight is 250 g/mol. The van der Waals surface area contributed by atoms with Crippen molar-refractivity contribution in [2.75, 3.05) is 25.2 Å². The molecule has 0 bridgehead atoms. The number of benzene rings is 1. The molecule has 2 unspecified atom stereocenters. The molecule has 0 spiro atoms. The lowest BCUT2D eigenvalue weighted by Gasteiger charge is -2.30. The lowest BCUT2D eigenvalue weighted by molar-refractivity contribution is -0.127. The Morgan fingerprint density at radius 3 is 2.89 bits per heavy atom. The van der Waals surface area contributed by atoms with Crippen molar-refractivity contribution in [1.29, 1.82) is 0 Å². The Morgan fingerprint density at radius 2 is 2.33 bits per heavy atom. The molecule has 0 radical (unpaired) electrons. The number of hydrogen-bond acceptors (Lipinski definition) is 4. The van der Waals surface area contributed by atoms with Gasteiger partial charge in [0.2, 0.25) is 5.91 Å². The van der Waals surface area contributed by atoms with Gasteiger partial charge in [-0.25, -0.2) is 0 Å². The molecule has 1 saturated heterocycles. The largest absolute Gasteiger partial charge is 0.508 e. The minimum Gasteiger partial charge on any atom is -0.508 e. The van der Waals surface area contributed by atoms with Crippen LogP contribution >= 0.6 is 0 Å². The minimum atomic E-state index is -0.708. The summed E-state index contributed by atoms with van der Waals surface area (Å²) in [5, 5.41) is 9.44. The molecule has 0 aliphatic carbocycles. The van der Waals surface area contributed by atoms with Crippen molar-refractivity contribution in [2.45, 2.75) is 13.0 Å². The van der Waals surface area contributed by atoms with Gasteiger partial charge in [0, 0.05) is 24.8 Å². The number of phenols is 1. The van der Waals surface area contributed by atoms with Gasteiger partial charge in [-0.3, -0.25) is 4.79 Å². The van der Waals surface area contributed by atoms with Crippen LogP contribution in [0.15, 0.2) is 24.3 Å². The Bertz CT molecular complexity index is 463. The highest BCUT2D eigenvalue weighted by Crippen LogP contribution is 2.31. The smallest absolute Gasteiger partial charge is 0.236 e. The molecule has 1 fully saturated rings. The Morgan fingerprint density at radius 1 is 1.61 bits per heavy atom. The monoisotopic (exact) mass is 250 g/mol. The number of nitrogens with two attached hydrogens (primary N) is 1. The van der Waals surface area contributed by atoms with E-state index in [0.717, 1.165) is 0 Å². The second-order valence-corrected chi connectivity index (χ2v) is 4.92. The number of nitrogens with zero attached hydrogens (tertiary/aromatic N) is 1. The number of amides is 1. The zero-order valence-corrected chi connectivity index (χ0v) is 10.6. The van der Waals surface area contributed by atoms with E-state index in [1.807, 2.05) is 6.92 Å². The first-order chi connectivity index (χ1) is 8.45. The third-order valence-electron chi connectivity index (χ3n) is 3.53. The zero-order chi connectivity index (χ0) is 13.3. The van der Waals surface area contributed by atoms with Gasteiger partial charge in [-0.05, 0) is 19.1 Å². The molecule has 0 saturated carbocycles. The van der Waals surface area contributed by atoms with Crippen LogP contribution in [0.5, 0.6) is 5.75 Å². The second kappa shape index (κ2) is 4.59. The summed E-state index contributed by atoms with van der Waals surface area (Å²) in [4.78, 5) is 14.0. The fourth-order valence-electron chi connectivity index (χ4n) is 2.11. The van der Waals surface area contributed by atoms with Crippen LogP contribution in [-0.2, 0) is 9.53 Å². The van der Waals surface area contributed by atoms with Gasteiger partial charge in [0.25, 0.3) is 0 Å². The van der Waals surface area contributed by atoms with Crippen LogP contribution in [0.25, 0.3) is 0 Å². The third kappa shape index (κ3) is 2.07. The van der Waals surface area contributed by atoms with E-state index in [0.29, 0.717) is 18.9 Å². The van der Waals surface area contributed by atoms with Crippen LogP contribution < -0.4 is 10.6 Å². The van der Waals surface area contributed by atoms with Crippen molar-refractivity contribution in [3.8, 4) is 5.75 Å². The van der Waals surface area contributed by atoms with Crippen molar-refractivity contribution < 1.29 is 14.6 Å². The first-order valence-electron chi connectivity index (χ1n) is 5.85. The van der Waals surface area contributed by atoms with E-state index in [1.165, 1.54) is 4.90 Å². The number of hydrogen-bond donors (Lipinski definition) is 2. The fourth-order valence-corrected chi connectivity index (χ4v) is 2.11. The maximum absolute atomic E-state index is 12.5. The topological polar surface area (TPSA) is 75.8 Å². The molecule has 0 aromatic heterocycles. The molecule has 98 valence electrons. The van der Waals surface area contributed by atoms with Crippen LogP contribution in [0.4, 0.5) is 5.69 Å². The Labute approximate surface area is 106 Å². The highest BCUT2D eigenvalue weighted by atomic mass is 16.5. The summed E-state index contributed by atoms with van der Waals surface area (Å²) in [7, 11) is 1.67. The highest BCUT2D eigenvalue weighted by molar-refractivity contribution is 5.97. The Balaban J connectivity index is 2.24. The molecule has 18 heavy (non-hydrogen) atoms. The summed E-state index contributed by atoms with van der Waals surface area (Å²) >= 11 is 0. The summed E-state index contributed by atoms with van der Waals surface area (Å²) in [5.41, 5.74) is 5.87. The zero-order valence-electron chi connectivity index (χ0n) is 10.6. The number of anilines is 1. The predicted molar refractivity (Wildman–Crippen MR) is 68.4 cm³/mol. The molecular weight excluding hydrogens is 232 g/mol. The van der Waals surface area contributed by atoms with Crippen LogP contribution in [0.3, 0.4) is 0 Å². The maximum Gasteiger partial charge on any atom is 0.236 e. The molecule has 1 heterocycles. The van der Waals surface area contributed by atoms with Gasteiger partial charge in [0.1, 0.15) is 5.75 Å². The van der Waals surface area contributed by atoms with Crippen molar-refractivity contribution in [3.63, 3.8) is 0 Å². The maximum atomic E-state index is 12.5. The Kier molecular flexibility index (Phi) is 3.28. The molecule has 2 atom stereocenters. The van der Waals surface area contributed by atoms with E-state index in [2.05, 4.69) is 0 Å². The SMILES string of the molecule is CN(C(=O)C1(C)COCC1N)c1cccc(O)c1. The van der Waals surface area contributed by atoms with Crippen molar-refractivity contribution in [3.05, 3.63) is 24.3 Å². The van der Waals surface area contributed by atoms with Gasteiger partial charge in [0.05, 0.1) is 18.6 Å². The third-order valence-corrected chi connectivity index (χ3v) is 3.53. The molecule has 5 nitrogen and oxygen atoms in total. The molecule has 3 N–H and O–H groups in total. The summed E-state index contributed by atoms with van der Waals surface area (Å²) in [6.07, 6.45) is 0. The standard InChI is InChI=1S/C13H18N2O3/c1-13(8-18-7-11(13)14)12(17)15(2)9-4-3-5-10(16)6-9/h3-6,11,16H,7-8,14H2,1-2H3. The first-order valence-corrected chi connectivity index (χ1v) is 5.85. The molecule has 5 heteroatoms. The van der Waals surface area contributed by atoms with Gasteiger partial charge < -0.3 is 20.5 Å². The lowest BCUT2D eigenvalue weighted by atomic mass is 9.84. The molecule has 1 aliphatic heterocycles. The normalized spacial score (nSPS) is 27.2. The van der Waals surface area contributed by atoms with Crippen LogP contribution in [-0.4, -0.2) is 37.3 Å². The van der Waals surface area contributed by atoms with Gasteiger partial charge in [-0.1, -0.05) is 6.07 Å². The average Bonchev–Trinajstić information content (AvgIpc) is 2.69. The lowest BCUT2D eigenvalue weighted by Crippen LogP contribution is -2.50. The van der Waals surface area contributed by atoms with Gasteiger partial charge in [0.15, 0.2) is 0 Å². The summed E-state index contributed by atoms with van der Waals surface area (Å²) in [6, 6.07) is 6.27. The van der Waals surface area contributed by atoms with E-state index in [4.69, 9.17) is 10.5 Å². The van der Waals surface area contributed by atoms with Crippen molar-refractivity contribution in [2.24, 2.45) is 11.1 Å². The molecule has 1 aromatic carbocycles. The number of rotatable bonds is 2. The second-order valence-electron chi connectivity index (χ2n) is 4.92. The van der Waals surface area contributed by atoms with Gasteiger partial charge >= 0.3 is 0 Å². The van der Waals surface area contributed by atoms with Crippen LogP contribution in [0.1, 0.15) is 6.92 Å². The minimum absolute atomic E-state index is 0.0990. The van der Waals surface area contributed by atoms with Crippen molar-refractivity contribution in [1.82, 2.24) is 0 Å². The number of ether oxygens (including phenoxy) is 1. The molecule has 1 aliphatic rings. The van der Waals surface area contributed by atoms with E-state index in [1.54, 1.807) is 31.3 Å². The van der Waals surface area contributed by atoms with Crippen LogP contribution in [0, 0.1) is 5.41 Å². The van der Waals surface area contributed by atoms with E-state index in [9.17, 15) is 9.90 Å². The summed E-state index contributed by atoms with van der Waals surface area (Å²) < 4.78 is 5.28. The summed E-state index contributed by atoms with van der Waals surface area (Å²) in [6.45, 7) is 2.54. The highest BCUT2D eigenvalue weighted by Gasteiger charge is 2.46.